The maximum absolute atomic E-state index is 12.8. The summed E-state index contributed by atoms with van der Waals surface area (Å²) in [6.07, 6.45) is 0. The van der Waals surface area contributed by atoms with Crippen molar-refractivity contribution in [2.45, 2.75) is 6.54 Å². The van der Waals surface area contributed by atoms with Crippen molar-refractivity contribution in [3.63, 3.8) is 0 Å². The Balaban J connectivity index is 1.88. The van der Waals surface area contributed by atoms with E-state index in [0.29, 0.717) is 29.2 Å². The Kier molecular flexibility index (Phi) is 5.46. The van der Waals surface area contributed by atoms with Crippen molar-refractivity contribution >= 4 is 23.1 Å². The van der Waals surface area contributed by atoms with Gasteiger partial charge in [0.05, 0.1) is 19.8 Å². The molecule has 7 nitrogen and oxygen atoms in total. The zero-order valence-electron chi connectivity index (χ0n) is 15.0. The van der Waals surface area contributed by atoms with Crippen LogP contribution in [0.5, 0.6) is 11.5 Å². The Labute approximate surface area is 161 Å². The molecule has 1 heterocycles. The molecule has 8 heteroatoms. The summed E-state index contributed by atoms with van der Waals surface area (Å²) < 4.78 is 11.7. The van der Waals surface area contributed by atoms with Crippen LogP contribution >= 0.6 is 12.2 Å². The highest BCUT2D eigenvalue weighted by Gasteiger charge is 2.18. The van der Waals surface area contributed by atoms with Crippen LogP contribution in [0.3, 0.4) is 0 Å². The number of nitrogens with two attached hydrogens (primary N) is 1. The fourth-order valence-corrected chi connectivity index (χ4v) is 2.92. The van der Waals surface area contributed by atoms with E-state index in [1.807, 2.05) is 30.3 Å². The molecule has 0 unspecified atom stereocenters. The second-order valence-electron chi connectivity index (χ2n) is 5.76. The number of aromatic nitrogens is 2. The highest BCUT2D eigenvalue weighted by atomic mass is 32.1. The number of aromatic amines is 1. The van der Waals surface area contributed by atoms with E-state index in [0.717, 1.165) is 5.56 Å². The number of ether oxygens (including phenoxy) is 2. The van der Waals surface area contributed by atoms with Crippen molar-refractivity contribution in [3.05, 3.63) is 64.4 Å². The zero-order chi connectivity index (χ0) is 19.4. The number of H-pyrrole nitrogens is 1. The monoisotopic (exact) mass is 384 g/mol. The molecule has 0 atom stereocenters. The average molecular weight is 384 g/mol. The molecule has 4 N–H and O–H groups in total. The van der Waals surface area contributed by atoms with Gasteiger partial charge in [-0.05, 0) is 35.5 Å². The summed E-state index contributed by atoms with van der Waals surface area (Å²) in [6, 6.07) is 14.9. The number of thiocarbonyl (C=S) groups is 1. The first-order chi connectivity index (χ1) is 13.0. The largest absolute Gasteiger partial charge is 0.493 e. The standard InChI is InChI=1S/C19H20N4O3S/c1-25-14-9-8-13(10-15(14)26-2)16-17(20)22-23(18(16)24)19(27)21-11-12-6-4-3-5-7-12/h3-10,22H,11,20H2,1-2H3,(H,21,27). The summed E-state index contributed by atoms with van der Waals surface area (Å²) in [5.41, 5.74) is 7.68. The number of anilines is 1. The molecule has 0 bridgehead atoms. The maximum atomic E-state index is 12.8. The van der Waals surface area contributed by atoms with Crippen LogP contribution in [0.4, 0.5) is 5.82 Å². The molecule has 0 spiro atoms. The van der Waals surface area contributed by atoms with E-state index in [1.54, 1.807) is 25.3 Å². The molecule has 0 radical (unpaired) electrons. The number of nitrogens with zero attached hydrogens (tertiary/aromatic N) is 1. The lowest BCUT2D eigenvalue weighted by atomic mass is 10.1. The van der Waals surface area contributed by atoms with Gasteiger partial charge in [-0.1, -0.05) is 36.4 Å². The lowest BCUT2D eigenvalue weighted by Crippen LogP contribution is -2.35. The first kappa shape index (κ1) is 18.5. The van der Waals surface area contributed by atoms with E-state index in [4.69, 9.17) is 27.4 Å². The second-order valence-corrected chi connectivity index (χ2v) is 6.14. The van der Waals surface area contributed by atoms with Gasteiger partial charge >= 0.3 is 0 Å². The third-order valence-electron chi connectivity index (χ3n) is 4.08. The van der Waals surface area contributed by atoms with Gasteiger partial charge in [-0.2, -0.15) is 4.68 Å². The van der Waals surface area contributed by atoms with Crippen LogP contribution in [0.1, 0.15) is 5.56 Å². The van der Waals surface area contributed by atoms with Crippen LogP contribution in [0.15, 0.2) is 53.3 Å². The van der Waals surface area contributed by atoms with Crippen LogP contribution in [0.25, 0.3) is 11.1 Å². The smallest absolute Gasteiger partial charge is 0.283 e. The number of nitrogen functional groups attached to an aromatic ring is 1. The molecule has 27 heavy (non-hydrogen) atoms. The molecule has 2 aromatic carbocycles. The summed E-state index contributed by atoms with van der Waals surface area (Å²) in [5.74, 6) is 1.29. The number of methoxy groups -OCH3 is 2. The summed E-state index contributed by atoms with van der Waals surface area (Å²) in [5, 5.41) is 6.11. The zero-order valence-corrected chi connectivity index (χ0v) is 15.8. The van der Waals surface area contributed by atoms with E-state index < -0.39 is 0 Å². The van der Waals surface area contributed by atoms with E-state index in [-0.39, 0.29) is 16.5 Å². The van der Waals surface area contributed by atoms with Gasteiger partial charge < -0.3 is 20.5 Å². The van der Waals surface area contributed by atoms with Gasteiger partial charge in [-0.15, -0.1) is 0 Å². The van der Waals surface area contributed by atoms with Crippen LogP contribution in [0, 0.1) is 0 Å². The molecule has 0 fully saturated rings. The molecule has 0 aliphatic rings. The first-order valence-electron chi connectivity index (χ1n) is 8.20. The molecule has 1 aromatic heterocycles. The molecular weight excluding hydrogens is 364 g/mol. The van der Waals surface area contributed by atoms with Crippen LogP contribution in [0.2, 0.25) is 0 Å². The fraction of sp³-hybridized carbons (Fsp3) is 0.158. The van der Waals surface area contributed by atoms with Crippen molar-refractivity contribution in [2.24, 2.45) is 0 Å². The average Bonchev–Trinajstić information content (AvgIpc) is 3.00. The Morgan fingerprint density at radius 2 is 1.85 bits per heavy atom. The van der Waals surface area contributed by atoms with Gasteiger partial charge in [-0.25, -0.2) is 0 Å². The number of hydrogen-bond acceptors (Lipinski definition) is 5. The first-order valence-corrected chi connectivity index (χ1v) is 8.61. The van der Waals surface area contributed by atoms with E-state index in [2.05, 4.69) is 10.4 Å². The number of nitrogens with one attached hydrogen (secondary N) is 2. The molecule has 0 saturated heterocycles. The van der Waals surface area contributed by atoms with Crippen molar-refractivity contribution in [3.8, 4) is 22.6 Å². The fourth-order valence-electron chi connectivity index (χ4n) is 2.72. The Hall–Kier alpha value is -3.26. The van der Waals surface area contributed by atoms with Crippen molar-refractivity contribution in [2.75, 3.05) is 20.0 Å². The third kappa shape index (κ3) is 3.80. The predicted octanol–water partition coefficient (Wildman–Crippen LogP) is 2.37. The van der Waals surface area contributed by atoms with Gasteiger partial charge in [-0.3, -0.25) is 9.89 Å². The Morgan fingerprint density at radius 1 is 1.15 bits per heavy atom. The summed E-state index contributed by atoms with van der Waals surface area (Å²) in [7, 11) is 3.08. The van der Waals surface area contributed by atoms with Crippen LogP contribution in [-0.4, -0.2) is 29.1 Å². The van der Waals surface area contributed by atoms with E-state index in [9.17, 15) is 4.79 Å². The van der Waals surface area contributed by atoms with Gasteiger partial charge in [0.15, 0.2) is 16.6 Å². The number of hydrogen-bond donors (Lipinski definition) is 3. The van der Waals surface area contributed by atoms with Gasteiger partial charge in [0, 0.05) is 6.54 Å². The molecule has 140 valence electrons. The van der Waals surface area contributed by atoms with Crippen LogP contribution < -0.4 is 26.1 Å². The van der Waals surface area contributed by atoms with Gasteiger partial charge in [0.25, 0.3) is 5.56 Å². The van der Waals surface area contributed by atoms with Crippen LogP contribution in [-0.2, 0) is 6.54 Å². The van der Waals surface area contributed by atoms with Crippen molar-refractivity contribution < 1.29 is 9.47 Å². The molecule has 0 aliphatic heterocycles. The van der Waals surface area contributed by atoms with E-state index in [1.165, 1.54) is 11.8 Å². The summed E-state index contributed by atoms with van der Waals surface area (Å²) in [4.78, 5) is 12.8. The number of rotatable bonds is 5. The minimum atomic E-state index is -0.342. The van der Waals surface area contributed by atoms with E-state index >= 15 is 0 Å². The molecular formula is C19H20N4O3S. The lowest BCUT2D eigenvalue weighted by Gasteiger charge is -2.09. The summed E-state index contributed by atoms with van der Waals surface area (Å²) in [6.45, 7) is 0.497. The molecule has 3 rings (SSSR count). The summed E-state index contributed by atoms with van der Waals surface area (Å²) >= 11 is 5.34. The second kappa shape index (κ2) is 7.96. The number of benzene rings is 2. The molecule has 3 aromatic rings. The third-order valence-corrected chi connectivity index (χ3v) is 4.41. The van der Waals surface area contributed by atoms with Gasteiger partial charge in [0.2, 0.25) is 0 Å². The van der Waals surface area contributed by atoms with Crippen molar-refractivity contribution in [1.82, 2.24) is 15.1 Å². The minimum Gasteiger partial charge on any atom is -0.493 e. The SMILES string of the molecule is COc1ccc(-c2c(N)[nH]n(C(=S)NCc3ccccc3)c2=O)cc1OC. The Bertz CT molecular complexity index is 1010. The molecule has 0 saturated carbocycles. The van der Waals surface area contributed by atoms with Gasteiger partial charge in [0.1, 0.15) is 5.82 Å². The maximum Gasteiger partial charge on any atom is 0.283 e. The molecule has 0 amide bonds. The quantitative estimate of drug-likeness (QED) is 0.585. The Morgan fingerprint density at radius 3 is 2.52 bits per heavy atom. The minimum absolute atomic E-state index is 0.219. The normalized spacial score (nSPS) is 10.4. The topological polar surface area (TPSA) is 94.3 Å². The van der Waals surface area contributed by atoms with Crippen molar-refractivity contribution in [1.29, 1.82) is 0 Å². The highest BCUT2D eigenvalue weighted by molar-refractivity contribution is 7.80. The highest BCUT2D eigenvalue weighted by Crippen LogP contribution is 2.32. The predicted molar refractivity (Wildman–Crippen MR) is 109 cm³/mol. The lowest BCUT2D eigenvalue weighted by molar-refractivity contribution is 0.355. The molecule has 0 aliphatic carbocycles.